The van der Waals surface area contributed by atoms with Crippen molar-refractivity contribution in [3.63, 3.8) is 0 Å². The second kappa shape index (κ2) is 7.09. The minimum atomic E-state index is 0.600. The summed E-state index contributed by atoms with van der Waals surface area (Å²) in [6.07, 6.45) is 3.44. The fraction of sp³-hybridized carbons (Fsp3) is 0.188. The van der Waals surface area contributed by atoms with Crippen LogP contribution in [-0.4, -0.2) is 37.6 Å². The lowest BCUT2D eigenvalue weighted by Gasteiger charge is -2.09. The van der Waals surface area contributed by atoms with E-state index in [1.54, 1.807) is 4.52 Å². The van der Waals surface area contributed by atoms with Crippen molar-refractivity contribution in [3.8, 4) is 11.3 Å². The zero-order chi connectivity index (χ0) is 15.2. The van der Waals surface area contributed by atoms with Gasteiger partial charge in [0.25, 0.3) is 5.78 Å². The fourth-order valence-electron chi connectivity index (χ4n) is 2.11. The number of rotatable bonds is 7. The van der Waals surface area contributed by atoms with Gasteiger partial charge in [-0.1, -0.05) is 36.4 Å². The summed E-state index contributed by atoms with van der Waals surface area (Å²) in [5, 5.41) is 7.63. The first-order valence-corrected chi connectivity index (χ1v) is 8.22. The molecule has 6 heteroatoms. The molecule has 1 aromatic carbocycles. The molecule has 0 aliphatic rings. The number of thioether (sulfide) groups is 1. The summed E-state index contributed by atoms with van der Waals surface area (Å²) in [6, 6.07) is 12.1. The molecule has 3 rings (SSSR count). The normalized spacial score (nSPS) is 10.7. The van der Waals surface area contributed by atoms with Crippen LogP contribution in [0.4, 0.5) is 5.82 Å². The van der Waals surface area contributed by atoms with Crippen LogP contribution in [0.2, 0.25) is 0 Å². The molecule has 112 valence electrons. The predicted molar refractivity (Wildman–Crippen MR) is 92.2 cm³/mol. The van der Waals surface area contributed by atoms with Crippen molar-refractivity contribution in [2.75, 3.05) is 23.4 Å². The van der Waals surface area contributed by atoms with Crippen LogP contribution in [0, 0.1) is 0 Å². The van der Waals surface area contributed by atoms with Crippen molar-refractivity contribution >= 4 is 23.4 Å². The molecule has 0 amide bonds. The van der Waals surface area contributed by atoms with Crippen LogP contribution in [0.1, 0.15) is 0 Å². The Labute approximate surface area is 133 Å². The van der Waals surface area contributed by atoms with Gasteiger partial charge in [-0.2, -0.15) is 26.4 Å². The van der Waals surface area contributed by atoms with Gasteiger partial charge >= 0.3 is 0 Å². The molecule has 0 bridgehead atoms. The van der Waals surface area contributed by atoms with Crippen LogP contribution in [0.5, 0.6) is 0 Å². The van der Waals surface area contributed by atoms with Crippen molar-refractivity contribution in [2.45, 2.75) is 0 Å². The molecule has 0 fully saturated rings. The maximum atomic E-state index is 4.55. The van der Waals surface area contributed by atoms with Gasteiger partial charge in [0, 0.05) is 29.7 Å². The van der Waals surface area contributed by atoms with Crippen LogP contribution in [-0.2, 0) is 0 Å². The summed E-state index contributed by atoms with van der Waals surface area (Å²) in [5.41, 5.74) is 1.96. The predicted octanol–water partition coefficient (Wildman–Crippen LogP) is 3.12. The van der Waals surface area contributed by atoms with E-state index in [4.69, 9.17) is 0 Å². The van der Waals surface area contributed by atoms with Gasteiger partial charge in [-0.3, -0.25) is 0 Å². The third-order valence-electron chi connectivity index (χ3n) is 3.11. The Bertz CT molecular complexity index is 754. The Kier molecular flexibility index (Phi) is 4.70. The maximum Gasteiger partial charge on any atom is 0.254 e. The van der Waals surface area contributed by atoms with Gasteiger partial charge in [-0.05, 0) is 0 Å². The minimum Gasteiger partial charge on any atom is -0.369 e. The Hall–Kier alpha value is -2.34. The summed E-state index contributed by atoms with van der Waals surface area (Å²) in [5.74, 6) is 3.47. The molecule has 3 aromatic rings. The van der Waals surface area contributed by atoms with Gasteiger partial charge in [0.15, 0.2) is 0 Å². The molecule has 0 aliphatic heterocycles. The van der Waals surface area contributed by atoms with Crippen LogP contribution >= 0.6 is 11.8 Å². The van der Waals surface area contributed by atoms with Gasteiger partial charge in [-0.15, -0.1) is 6.58 Å². The summed E-state index contributed by atoms with van der Waals surface area (Å²) < 4.78 is 1.73. The van der Waals surface area contributed by atoms with E-state index < -0.39 is 0 Å². The molecule has 22 heavy (non-hydrogen) atoms. The van der Waals surface area contributed by atoms with Crippen LogP contribution < -0.4 is 5.32 Å². The molecule has 0 atom stereocenters. The SMILES string of the molecule is C=CCSCCNc1cc(-c2ccccc2)nc2ncnn12. The highest BCUT2D eigenvalue weighted by Gasteiger charge is 2.08. The second-order valence-corrected chi connectivity index (χ2v) is 5.80. The average Bonchev–Trinajstić information content (AvgIpc) is 3.04. The molecule has 0 unspecified atom stereocenters. The average molecular weight is 311 g/mol. The number of fused-ring (bicyclic) bond motifs is 1. The number of anilines is 1. The van der Waals surface area contributed by atoms with Crippen molar-refractivity contribution in [1.29, 1.82) is 0 Å². The highest BCUT2D eigenvalue weighted by molar-refractivity contribution is 7.99. The number of nitrogens with zero attached hydrogens (tertiary/aromatic N) is 4. The first-order valence-electron chi connectivity index (χ1n) is 7.07. The fourth-order valence-corrected chi connectivity index (χ4v) is 2.69. The van der Waals surface area contributed by atoms with E-state index in [9.17, 15) is 0 Å². The number of benzene rings is 1. The second-order valence-electron chi connectivity index (χ2n) is 4.65. The first-order chi connectivity index (χ1) is 10.9. The Morgan fingerprint density at radius 3 is 2.95 bits per heavy atom. The largest absolute Gasteiger partial charge is 0.369 e. The third kappa shape index (κ3) is 3.28. The Morgan fingerprint density at radius 2 is 2.14 bits per heavy atom. The summed E-state index contributed by atoms with van der Waals surface area (Å²) in [4.78, 5) is 8.76. The van der Waals surface area contributed by atoms with E-state index in [0.717, 1.165) is 35.1 Å². The van der Waals surface area contributed by atoms with Gasteiger partial charge in [0.1, 0.15) is 12.1 Å². The van der Waals surface area contributed by atoms with Crippen molar-refractivity contribution < 1.29 is 0 Å². The van der Waals surface area contributed by atoms with Gasteiger partial charge < -0.3 is 5.32 Å². The lowest BCUT2D eigenvalue weighted by molar-refractivity contribution is 0.934. The topological polar surface area (TPSA) is 55.1 Å². The molecule has 0 saturated heterocycles. The van der Waals surface area contributed by atoms with Gasteiger partial charge in [-0.25, -0.2) is 4.98 Å². The van der Waals surface area contributed by atoms with Gasteiger partial charge in [0.05, 0.1) is 5.69 Å². The molecular weight excluding hydrogens is 294 g/mol. The molecule has 1 N–H and O–H groups in total. The van der Waals surface area contributed by atoms with Crippen LogP contribution in [0.25, 0.3) is 17.0 Å². The van der Waals surface area contributed by atoms with E-state index in [0.29, 0.717) is 5.78 Å². The van der Waals surface area contributed by atoms with E-state index in [2.05, 4.69) is 27.0 Å². The van der Waals surface area contributed by atoms with E-state index in [1.807, 2.05) is 54.2 Å². The molecule has 5 nitrogen and oxygen atoms in total. The standard InChI is InChI=1S/C16H17N5S/c1-2-9-22-10-8-17-15-11-14(13-6-4-3-5-7-13)20-16-18-12-19-21(15)16/h2-7,11-12,17H,1,8-10H2. The zero-order valence-electron chi connectivity index (χ0n) is 12.1. The van der Waals surface area contributed by atoms with Crippen molar-refractivity contribution in [1.82, 2.24) is 19.6 Å². The summed E-state index contributed by atoms with van der Waals surface area (Å²) >= 11 is 1.84. The highest BCUT2D eigenvalue weighted by Crippen LogP contribution is 2.21. The van der Waals surface area contributed by atoms with Crippen LogP contribution in [0.3, 0.4) is 0 Å². The molecule has 0 saturated carbocycles. The van der Waals surface area contributed by atoms with E-state index in [1.165, 1.54) is 6.33 Å². The Balaban J connectivity index is 1.84. The Morgan fingerprint density at radius 1 is 1.27 bits per heavy atom. The molecule has 0 radical (unpaired) electrons. The lowest BCUT2D eigenvalue weighted by Crippen LogP contribution is -2.10. The number of hydrogen-bond acceptors (Lipinski definition) is 5. The molecule has 2 heterocycles. The zero-order valence-corrected chi connectivity index (χ0v) is 13.0. The van der Waals surface area contributed by atoms with Crippen molar-refractivity contribution in [2.24, 2.45) is 0 Å². The maximum absolute atomic E-state index is 4.55. The van der Waals surface area contributed by atoms with Gasteiger partial charge in [0.2, 0.25) is 0 Å². The third-order valence-corrected chi connectivity index (χ3v) is 4.07. The molecule has 0 aliphatic carbocycles. The van der Waals surface area contributed by atoms with E-state index >= 15 is 0 Å². The minimum absolute atomic E-state index is 0.600. The number of nitrogens with one attached hydrogen (secondary N) is 1. The number of hydrogen-bond donors (Lipinski definition) is 1. The summed E-state index contributed by atoms with van der Waals surface area (Å²) in [6.45, 7) is 4.58. The molecule has 0 spiro atoms. The molecular formula is C16H17N5S. The van der Waals surface area contributed by atoms with Crippen LogP contribution in [0.15, 0.2) is 55.4 Å². The lowest BCUT2D eigenvalue weighted by atomic mass is 10.1. The van der Waals surface area contributed by atoms with Crippen molar-refractivity contribution in [3.05, 3.63) is 55.4 Å². The smallest absolute Gasteiger partial charge is 0.254 e. The quantitative estimate of drug-likeness (QED) is 0.537. The number of aromatic nitrogens is 4. The molecule has 2 aromatic heterocycles. The highest BCUT2D eigenvalue weighted by atomic mass is 32.2. The monoisotopic (exact) mass is 311 g/mol. The van der Waals surface area contributed by atoms with E-state index in [-0.39, 0.29) is 0 Å². The first kappa shape index (κ1) is 14.6. The summed E-state index contributed by atoms with van der Waals surface area (Å²) in [7, 11) is 0.